The summed E-state index contributed by atoms with van der Waals surface area (Å²) in [5.41, 5.74) is 7.05. The lowest BCUT2D eigenvalue weighted by Gasteiger charge is -2.04. The molecule has 0 saturated heterocycles. The standard InChI is InChI=1S/C29H41NO/c1-23(2)12-9-13-24(3)14-10-15-25(4)16-11-17-26(5)20-29-30-28(22-31-29)21-27-18-7-6-8-19-27/h6-8,12,14,16,18-20,28H,9-11,13,15,17,21-22H2,1-5H3. The van der Waals surface area contributed by atoms with Gasteiger partial charge in [0.15, 0.2) is 0 Å². The van der Waals surface area contributed by atoms with Crippen LogP contribution in [0.3, 0.4) is 0 Å². The lowest BCUT2D eigenvalue weighted by Crippen LogP contribution is -2.09. The molecule has 0 spiro atoms. The van der Waals surface area contributed by atoms with Gasteiger partial charge in [0.05, 0.1) is 6.04 Å². The minimum atomic E-state index is 0.238. The maximum atomic E-state index is 5.80. The number of hydrogen-bond donors (Lipinski definition) is 0. The second-order valence-corrected chi connectivity index (χ2v) is 9.11. The molecule has 1 aliphatic heterocycles. The molecule has 1 aliphatic rings. The fourth-order valence-electron chi connectivity index (χ4n) is 3.67. The highest BCUT2D eigenvalue weighted by molar-refractivity contribution is 5.89. The molecule has 2 heteroatoms. The second-order valence-electron chi connectivity index (χ2n) is 9.11. The number of hydrogen-bond acceptors (Lipinski definition) is 2. The highest BCUT2D eigenvalue weighted by Crippen LogP contribution is 2.16. The normalized spacial score (nSPS) is 17.4. The second kappa shape index (κ2) is 13.9. The Morgan fingerprint density at radius 1 is 0.839 bits per heavy atom. The Morgan fingerprint density at radius 3 is 2.03 bits per heavy atom. The molecule has 0 bridgehead atoms. The summed E-state index contributed by atoms with van der Waals surface area (Å²) in [5.74, 6) is 0.799. The number of aliphatic imine (C=N–C) groups is 1. The van der Waals surface area contributed by atoms with E-state index in [1.165, 1.54) is 34.3 Å². The molecule has 0 amide bonds. The molecule has 1 aromatic carbocycles. The van der Waals surface area contributed by atoms with Crippen LogP contribution in [0.1, 0.15) is 78.7 Å². The lowest BCUT2D eigenvalue weighted by atomic mass is 10.0. The van der Waals surface area contributed by atoms with Crippen molar-refractivity contribution >= 4 is 5.90 Å². The van der Waals surface area contributed by atoms with Gasteiger partial charge < -0.3 is 4.74 Å². The molecular weight excluding hydrogens is 378 g/mol. The van der Waals surface area contributed by atoms with Crippen molar-refractivity contribution in [1.82, 2.24) is 0 Å². The third-order valence-corrected chi connectivity index (χ3v) is 5.57. The average molecular weight is 420 g/mol. The Bertz CT molecular complexity index is 820. The Kier molecular flexibility index (Phi) is 11.1. The van der Waals surface area contributed by atoms with E-state index in [0.717, 1.165) is 44.4 Å². The zero-order valence-corrected chi connectivity index (χ0v) is 20.3. The predicted molar refractivity (Wildman–Crippen MR) is 136 cm³/mol. The summed E-state index contributed by atoms with van der Waals surface area (Å²) in [6.07, 6.45) is 17.0. The SMILES string of the molecule is CC(C)=CCCC(C)=CCCC(C)=CCCC(C)=CC1=NC(Cc2ccccc2)CO1. The van der Waals surface area contributed by atoms with Gasteiger partial charge in [0.25, 0.3) is 0 Å². The van der Waals surface area contributed by atoms with E-state index >= 15 is 0 Å². The molecule has 0 saturated carbocycles. The van der Waals surface area contributed by atoms with Crippen LogP contribution >= 0.6 is 0 Å². The van der Waals surface area contributed by atoms with E-state index in [9.17, 15) is 0 Å². The minimum Gasteiger partial charge on any atom is -0.476 e. The van der Waals surface area contributed by atoms with Gasteiger partial charge >= 0.3 is 0 Å². The number of nitrogens with zero attached hydrogens (tertiary/aromatic N) is 1. The van der Waals surface area contributed by atoms with Crippen LogP contribution in [0.2, 0.25) is 0 Å². The molecular formula is C29H41NO. The van der Waals surface area contributed by atoms with Gasteiger partial charge in [0.1, 0.15) is 6.61 Å². The first-order valence-corrected chi connectivity index (χ1v) is 11.8. The summed E-state index contributed by atoms with van der Waals surface area (Å²) in [7, 11) is 0. The largest absolute Gasteiger partial charge is 0.476 e. The Morgan fingerprint density at radius 2 is 1.42 bits per heavy atom. The van der Waals surface area contributed by atoms with Crippen LogP contribution in [0, 0.1) is 0 Å². The van der Waals surface area contributed by atoms with Gasteiger partial charge in [-0.1, -0.05) is 70.9 Å². The molecule has 1 aromatic rings. The molecule has 0 radical (unpaired) electrons. The smallest absolute Gasteiger partial charge is 0.208 e. The first kappa shape index (κ1) is 24.9. The monoisotopic (exact) mass is 419 g/mol. The van der Waals surface area contributed by atoms with E-state index in [0.29, 0.717) is 6.61 Å². The van der Waals surface area contributed by atoms with E-state index < -0.39 is 0 Å². The van der Waals surface area contributed by atoms with Crippen molar-refractivity contribution < 1.29 is 4.74 Å². The topological polar surface area (TPSA) is 21.6 Å². The van der Waals surface area contributed by atoms with Crippen LogP contribution in [-0.4, -0.2) is 18.5 Å². The van der Waals surface area contributed by atoms with Crippen LogP contribution < -0.4 is 0 Å². The first-order valence-electron chi connectivity index (χ1n) is 11.8. The lowest BCUT2D eigenvalue weighted by molar-refractivity contribution is 0.318. The van der Waals surface area contributed by atoms with E-state index in [1.807, 2.05) is 0 Å². The van der Waals surface area contributed by atoms with Crippen molar-refractivity contribution in [2.75, 3.05) is 6.61 Å². The van der Waals surface area contributed by atoms with Crippen molar-refractivity contribution in [3.05, 3.63) is 82.5 Å². The van der Waals surface area contributed by atoms with Crippen molar-refractivity contribution in [2.45, 2.75) is 85.6 Å². The van der Waals surface area contributed by atoms with Crippen molar-refractivity contribution in [1.29, 1.82) is 0 Å². The molecule has 1 unspecified atom stereocenters. The molecule has 0 N–H and O–H groups in total. The van der Waals surface area contributed by atoms with Crippen molar-refractivity contribution in [2.24, 2.45) is 4.99 Å². The Balaban J connectivity index is 1.69. The van der Waals surface area contributed by atoms with Crippen LogP contribution in [0.15, 0.2) is 81.9 Å². The molecule has 2 nitrogen and oxygen atoms in total. The summed E-state index contributed by atoms with van der Waals surface area (Å²) in [6, 6.07) is 10.8. The fourth-order valence-corrected chi connectivity index (χ4v) is 3.67. The maximum absolute atomic E-state index is 5.80. The average Bonchev–Trinajstić information content (AvgIpc) is 3.15. The van der Waals surface area contributed by atoms with E-state index in [4.69, 9.17) is 9.73 Å². The molecule has 31 heavy (non-hydrogen) atoms. The number of ether oxygens (including phenoxy) is 1. The Labute approximate surface area is 190 Å². The number of allylic oxidation sites excluding steroid dienone is 7. The van der Waals surface area contributed by atoms with E-state index in [1.54, 1.807) is 0 Å². The van der Waals surface area contributed by atoms with Crippen LogP contribution in [0.25, 0.3) is 0 Å². The van der Waals surface area contributed by atoms with Crippen molar-refractivity contribution in [3.63, 3.8) is 0 Å². The van der Waals surface area contributed by atoms with Crippen molar-refractivity contribution in [3.8, 4) is 0 Å². The number of rotatable bonds is 12. The van der Waals surface area contributed by atoms with Gasteiger partial charge in [0, 0.05) is 0 Å². The van der Waals surface area contributed by atoms with Gasteiger partial charge in [0.2, 0.25) is 5.90 Å². The third kappa shape index (κ3) is 11.0. The van der Waals surface area contributed by atoms with E-state index in [-0.39, 0.29) is 6.04 Å². The van der Waals surface area contributed by atoms with Gasteiger partial charge in [-0.15, -0.1) is 0 Å². The highest BCUT2D eigenvalue weighted by Gasteiger charge is 2.17. The third-order valence-electron chi connectivity index (χ3n) is 5.57. The predicted octanol–water partition coefficient (Wildman–Crippen LogP) is 8.17. The fraction of sp³-hybridized carbons (Fsp3) is 0.483. The highest BCUT2D eigenvalue weighted by atomic mass is 16.5. The molecule has 0 aliphatic carbocycles. The summed E-state index contributed by atoms with van der Waals surface area (Å²) in [5, 5.41) is 0. The zero-order valence-electron chi connectivity index (χ0n) is 20.3. The molecule has 1 heterocycles. The summed E-state index contributed by atoms with van der Waals surface area (Å²) < 4.78 is 5.80. The van der Waals surface area contributed by atoms with E-state index in [2.05, 4.69) is 89.3 Å². The van der Waals surface area contributed by atoms with Gasteiger partial charge in [-0.25, -0.2) is 4.99 Å². The molecule has 168 valence electrons. The zero-order chi connectivity index (χ0) is 22.5. The molecule has 2 rings (SSSR count). The molecule has 1 atom stereocenters. The van der Waals surface area contributed by atoms with Crippen LogP contribution in [0.4, 0.5) is 0 Å². The maximum Gasteiger partial charge on any atom is 0.208 e. The summed E-state index contributed by atoms with van der Waals surface area (Å²) in [4.78, 5) is 4.75. The van der Waals surface area contributed by atoms with Crippen LogP contribution in [-0.2, 0) is 11.2 Å². The summed E-state index contributed by atoms with van der Waals surface area (Å²) >= 11 is 0. The quantitative estimate of drug-likeness (QED) is 0.313. The van der Waals surface area contributed by atoms with Gasteiger partial charge in [-0.05, 0) is 91.2 Å². The number of benzene rings is 1. The van der Waals surface area contributed by atoms with Gasteiger partial charge in [-0.2, -0.15) is 0 Å². The van der Waals surface area contributed by atoms with Crippen LogP contribution in [0.5, 0.6) is 0 Å². The molecule has 0 fully saturated rings. The Hall–Kier alpha value is -2.35. The minimum absolute atomic E-state index is 0.238. The first-order chi connectivity index (χ1) is 14.9. The van der Waals surface area contributed by atoms with Gasteiger partial charge in [-0.3, -0.25) is 0 Å². The summed E-state index contributed by atoms with van der Waals surface area (Å²) in [6.45, 7) is 11.7. The molecule has 0 aromatic heterocycles.